The van der Waals surface area contributed by atoms with E-state index in [2.05, 4.69) is 39.7 Å². The van der Waals surface area contributed by atoms with Crippen LogP contribution in [0.5, 0.6) is 0 Å². The highest BCUT2D eigenvalue weighted by molar-refractivity contribution is 6.30. The summed E-state index contributed by atoms with van der Waals surface area (Å²) in [5.41, 5.74) is 4.91. The van der Waals surface area contributed by atoms with E-state index in [0.717, 1.165) is 39.5 Å². The summed E-state index contributed by atoms with van der Waals surface area (Å²) in [4.78, 5) is 11.6. The van der Waals surface area contributed by atoms with Gasteiger partial charge in [0.1, 0.15) is 5.69 Å². The average Bonchev–Trinajstić information content (AvgIpc) is 3.29. The number of hydrogen-bond donors (Lipinski definition) is 0. The molecule has 3 aromatic rings. The van der Waals surface area contributed by atoms with Crippen molar-refractivity contribution in [2.24, 2.45) is 0 Å². The standard InChI is InChI=1S/C25H24ClN3/c1-19(29-14-2-3-15-29)16-25-12-5-20(17-27-25)4-11-24-13-8-22(18-28-24)21-6-9-23(26)10-7-21/h5-10,12-13,17-19H,2-3,14-16H2,1H3. The molecule has 4 rings (SSSR count). The number of hydrogen-bond acceptors (Lipinski definition) is 3. The minimum absolute atomic E-state index is 0.547. The van der Waals surface area contributed by atoms with Gasteiger partial charge in [-0.05, 0) is 74.7 Å². The zero-order chi connectivity index (χ0) is 20.1. The minimum atomic E-state index is 0.547. The molecular weight excluding hydrogens is 378 g/mol. The highest BCUT2D eigenvalue weighted by atomic mass is 35.5. The van der Waals surface area contributed by atoms with Crippen LogP contribution in [0.3, 0.4) is 0 Å². The molecule has 3 nitrogen and oxygen atoms in total. The molecule has 0 N–H and O–H groups in total. The van der Waals surface area contributed by atoms with Crippen LogP contribution in [0, 0.1) is 11.8 Å². The summed E-state index contributed by atoms with van der Waals surface area (Å²) in [5, 5.41) is 0.731. The van der Waals surface area contributed by atoms with Crippen molar-refractivity contribution in [1.29, 1.82) is 0 Å². The van der Waals surface area contributed by atoms with Gasteiger partial charge in [-0.2, -0.15) is 0 Å². The molecule has 0 bridgehead atoms. The fourth-order valence-corrected chi connectivity index (χ4v) is 3.78. The largest absolute Gasteiger partial charge is 0.300 e. The van der Waals surface area contributed by atoms with E-state index in [-0.39, 0.29) is 0 Å². The molecule has 2 aromatic heterocycles. The zero-order valence-corrected chi connectivity index (χ0v) is 17.4. The van der Waals surface area contributed by atoms with E-state index in [0.29, 0.717) is 6.04 Å². The van der Waals surface area contributed by atoms with Gasteiger partial charge in [0.2, 0.25) is 0 Å². The molecule has 4 heteroatoms. The molecule has 1 atom stereocenters. The van der Waals surface area contributed by atoms with Crippen molar-refractivity contribution in [3.63, 3.8) is 0 Å². The van der Waals surface area contributed by atoms with E-state index < -0.39 is 0 Å². The number of rotatable bonds is 4. The third-order valence-corrected chi connectivity index (χ3v) is 5.62. The molecule has 1 aromatic carbocycles. The molecule has 0 aliphatic carbocycles. The Balaban J connectivity index is 1.39. The van der Waals surface area contributed by atoms with E-state index in [1.54, 1.807) is 0 Å². The van der Waals surface area contributed by atoms with Crippen LogP contribution in [-0.4, -0.2) is 34.0 Å². The molecule has 1 fully saturated rings. The monoisotopic (exact) mass is 401 g/mol. The lowest BCUT2D eigenvalue weighted by Gasteiger charge is -2.23. The third-order valence-electron chi connectivity index (χ3n) is 5.37. The van der Waals surface area contributed by atoms with Gasteiger partial charge in [0.15, 0.2) is 0 Å². The quantitative estimate of drug-likeness (QED) is 0.561. The summed E-state index contributed by atoms with van der Waals surface area (Å²) in [6, 6.07) is 16.4. The summed E-state index contributed by atoms with van der Waals surface area (Å²) >= 11 is 5.95. The summed E-state index contributed by atoms with van der Waals surface area (Å²) in [6.07, 6.45) is 7.33. The summed E-state index contributed by atoms with van der Waals surface area (Å²) in [6.45, 7) is 4.73. The molecule has 0 saturated carbocycles. The van der Waals surface area contributed by atoms with Crippen LogP contribution >= 0.6 is 11.6 Å². The molecule has 0 radical (unpaired) electrons. The maximum Gasteiger partial charge on any atom is 0.113 e. The number of pyridine rings is 2. The molecule has 0 spiro atoms. The first-order valence-electron chi connectivity index (χ1n) is 10.1. The lowest BCUT2D eigenvalue weighted by Crippen LogP contribution is -2.31. The Morgan fingerprint density at radius 3 is 2.31 bits per heavy atom. The van der Waals surface area contributed by atoms with Crippen LogP contribution in [0.25, 0.3) is 11.1 Å². The lowest BCUT2D eigenvalue weighted by molar-refractivity contribution is 0.256. The van der Waals surface area contributed by atoms with Gasteiger partial charge >= 0.3 is 0 Å². The number of halogens is 1. The van der Waals surface area contributed by atoms with Crippen LogP contribution in [0.4, 0.5) is 0 Å². The molecule has 146 valence electrons. The molecule has 3 heterocycles. The molecule has 1 aliphatic rings. The second-order valence-electron chi connectivity index (χ2n) is 7.52. The van der Waals surface area contributed by atoms with Crippen molar-refractivity contribution in [2.75, 3.05) is 13.1 Å². The average molecular weight is 402 g/mol. The van der Waals surface area contributed by atoms with Gasteiger partial charge in [-0.25, -0.2) is 4.98 Å². The van der Waals surface area contributed by atoms with E-state index in [4.69, 9.17) is 11.6 Å². The normalized spacial score (nSPS) is 15.0. The van der Waals surface area contributed by atoms with E-state index >= 15 is 0 Å². The van der Waals surface area contributed by atoms with Gasteiger partial charge in [0.05, 0.1) is 0 Å². The first-order valence-corrected chi connectivity index (χ1v) is 10.5. The second kappa shape index (κ2) is 9.22. The first-order chi connectivity index (χ1) is 14.2. The Morgan fingerprint density at radius 2 is 1.66 bits per heavy atom. The highest BCUT2D eigenvalue weighted by Gasteiger charge is 2.18. The number of benzene rings is 1. The number of likely N-dealkylation sites (tertiary alicyclic amines) is 1. The van der Waals surface area contributed by atoms with Crippen LogP contribution in [0.15, 0.2) is 60.9 Å². The highest BCUT2D eigenvalue weighted by Crippen LogP contribution is 2.20. The number of aromatic nitrogens is 2. The third kappa shape index (κ3) is 5.23. The predicted octanol–water partition coefficient (Wildman–Crippen LogP) is 5.22. The van der Waals surface area contributed by atoms with E-state index in [1.807, 2.05) is 54.9 Å². The Bertz CT molecular complexity index is 993. The molecule has 29 heavy (non-hydrogen) atoms. The topological polar surface area (TPSA) is 29.0 Å². The molecule has 0 amide bonds. The van der Waals surface area contributed by atoms with Crippen LogP contribution < -0.4 is 0 Å². The minimum Gasteiger partial charge on any atom is -0.300 e. The first kappa shape index (κ1) is 19.6. The predicted molar refractivity (Wildman–Crippen MR) is 119 cm³/mol. The van der Waals surface area contributed by atoms with E-state index in [9.17, 15) is 0 Å². The summed E-state index contributed by atoms with van der Waals surface area (Å²) in [7, 11) is 0. The van der Waals surface area contributed by atoms with Gasteiger partial charge in [-0.1, -0.05) is 35.7 Å². The van der Waals surface area contributed by atoms with Crippen molar-refractivity contribution in [2.45, 2.75) is 32.2 Å². The number of nitrogens with zero attached hydrogens (tertiary/aromatic N) is 3. The van der Waals surface area contributed by atoms with Gasteiger partial charge in [0.25, 0.3) is 0 Å². The van der Waals surface area contributed by atoms with Crippen LogP contribution in [0.2, 0.25) is 5.02 Å². The fourth-order valence-electron chi connectivity index (χ4n) is 3.65. The SMILES string of the molecule is CC(Cc1ccc(C#Cc2ccc(-c3ccc(Cl)cc3)cn2)cn1)N1CCCC1. The van der Waals surface area contributed by atoms with Crippen molar-refractivity contribution in [3.8, 4) is 23.0 Å². The maximum atomic E-state index is 5.95. The summed E-state index contributed by atoms with van der Waals surface area (Å²) < 4.78 is 0. The smallest absolute Gasteiger partial charge is 0.113 e. The van der Waals surface area contributed by atoms with Crippen molar-refractivity contribution in [3.05, 3.63) is 82.9 Å². The lowest BCUT2D eigenvalue weighted by atomic mass is 10.1. The fraction of sp³-hybridized carbons (Fsp3) is 0.280. The Hall–Kier alpha value is -2.67. The van der Waals surface area contributed by atoms with Gasteiger partial charge < -0.3 is 4.90 Å². The Morgan fingerprint density at radius 1 is 0.897 bits per heavy atom. The van der Waals surface area contributed by atoms with Crippen molar-refractivity contribution in [1.82, 2.24) is 14.9 Å². The van der Waals surface area contributed by atoms with Crippen molar-refractivity contribution < 1.29 is 0 Å². The van der Waals surface area contributed by atoms with Crippen LogP contribution in [0.1, 0.15) is 36.7 Å². The van der Waals surface area contributed by atoms with Gasteiger partial charge in [-0.3, -0.25) is 4.98 Å². The zero-order valence-electron chi connectivity index (χ0n) is 16.6. The maximum absolute atomic E-state index is 5.95. The van der Waals surface area contributed by atoms with Gasteiger partial charge in [-0.15, -0.1) is 0 Å². The van der Waals surface area contributed by atoms with Crippen molar-refractivity contribution >= 4 is 11.6 Å². The van der Waals surface area contributed by atoms with E-state index in [1.165, 1.54) is 25.9 Å². The Kier molecular flexibility index (Phi) is 6.24. The second-order valence-corrected chi connectivity index (χ2v) is 7.96. The molecular formula is C25H24ClN3. The van der Waals surface area contributed by atoms with Gasteiger partial charge in [0, 0.05) is 46.7 Å². The molecule has 1 aliphatic heterocycles. The summed E-state index contributed by atoms with van der Waals surface area (Å²) in [5.74, 6) is 6.28. The molecule has 1 saturated heterocycles. The van der Waals surface area contributed by atoms with Crippen LogP contribution in [-0.2, 0) is 6.42 Å². The Labute approximate surface area is 177 Å². The molecule has 1 unspecified atom stereocenters.